The second kappa shape index (κ2) is 3.41. The average Bonchev–Trinajstić information content (AvgIpc) is 2.50. The van der Waals surface area contributed by atoms with Crippen LogP contribution >= 0.6 is 0 Å². The van der Waals surface area contributed by atoms with E-state index in [2.05, 4.69) is 0 Å². The zero-order valence-electron chi connectivity index (χ0n) is 6.47. The average molecular weight is 170 g/mol. The third-order valence-electron chi connectivity index (χ3n) is 2.04. The summed E-state index contributed by atoms with van der Waals surface area (Å²) in [6.45, 7) is 0.415. The molecule has 0 aromatic rings. The number of aliphatic hydroxyl groups excluding tert-OH is 1. The maximum Gasteiger partial charge on any atom is 0.407 e. The first-order valence-corrected chi connectivity index (χ1v) is 3.74. The summed E-state index contributed by atoms with van der Waals surface area (Å²) in [5.41, 5.74) is 0. The molecule has 1 unspecified atom stereocenters. The molecule has 0 spiro atoms. The first-order valence-electron chi connectivity index (χ1n) is 3.74. The van der Waals surface area contributed by atoms with Crippen molar-refractivity contribution < 1.29 is 15.0 Å². The van der Waals surface area contributed by atoms with Crippen molar-refractivity contribution in [2.75, 3.05) is 6.54 Å². The third-order valence-corrected chi connectivity index (χ3v) is 2.04. The Morgan fingerprint density at radius 1 is 1.75 bits per heavy atom. The van der Waals surface area contributed by atoms with Crippen molar-refractivity contribution in [2.24, 2.45) is 0 Å². The highest BCUT2D eigenvalue weighted by molar-refractivity contribution is 5.66. The summed E-state index contributed by atoms with van der Waals surface area (Å²) in [6, 6.07) is 1.11. The lowest BCUT2D eigenvalue weighted by atomic mass is 10.1. The topological polar surface area (TPSA) is 84.6 Å². The maximum absolute atomic E-state index is 10.5. The van der Waals surface area contributed by atoms with E-state index in [4.69, 9.17) is 15.5 Å². The number of hydrogen-bond donors (Lipinski definition) is 2. The number of nitriles is 1. The number of aliphatic hydroxyl groups is 1. The van der Waals surface area contributed by atoms with E-state index in [9.17, 15) is 4.79 Å². The minimum absolute atomic E-state index is 0.415. The summed E-state index contributed by atoms with van der Waals surface area (Å²) in [5.74, 6) is 0. The van der Waals surface area contributed by atoms with Crippen LogP contribution in [0.15, 0.2) is 0 Å². The molecule has 0 radical (unpaired) electrons. The van der Waals surface area contributed by atoms with E-state index < -0.39 is 18.2 Å². The molecule has 2 N–H and O–H groups in total. The first-order chi connectivity index (χ1) is 5.66. The van der Waals surface area contributed by atoms with Gasteiger partial charge in [-0.25, -0.2) is 4.79 Å². The minimum Gasteiger partial charge on any atom is -0.465 e. The smallest absolute Gasteiger partial charge is 0.407 e. The Kier molecular flexibility index (Phi) is 2.51. The van der Waals surface area contributed by atoms with Gasteiger partial charge >= 0.3 is 6.09 Å². The lowest BCUT2D eigenvalue weighted by molar-refractivity contribution is 0.0948. The van der Waals surface area contributed by atoms with Crippen molar-refractivity contribution in [1.29, 1.82) is 5.26 Å². The molecule has 1 saturated heterocycles. The predicted molar refractivity (Wildman–Crippen MR) is 39.4 cm³/mol. The molecule has 12 heavy (non-hydrogen) atoms. The van der Waals surface area contributed by atoms with Crippen LogP contribution in [0.5, 0.6) is 0 Å². The summed E-state index contributed by atoms with van der Waals surface area (Å²) in [7, 11) is 0. The van der Waals surface area contributed by atoms with Crippen molar-refractivity contribution in [3.8, 4) is 6.07 Å². The van der Waals surface area contributed by atoms with E-state index in [-0.39, 0.29) is 0 Å². The summed E-state index contributed by atoms with van der Waals surface area (Å²) < 4.78 is 0. The normalized spacial score (nSPS) is 25.0. The number of hydrogen-bond acceptors (Lipinski definition) is 3. The molecule has 1 heterocycles. The molecule has 0 aliphatic carbocycles. The van der Waals surface area contributed by atoms with Crippen molar-refractivity contribution in [2.45, 2.75) is 25.0 Å². The van der Waals surface area contributed by atoms with Gasteiger partial charge in [-0.3, -0.25) is 0 Å². The molecule has 66 valence electrons. The molecule has 1 fully saturated rings. The van der Waals surface area contributed by atoms with E-state index in [1.165, 1.54) is 0 Å². The molecule has 1 rings (SSSR count). The van der Waals surface area contributed by atoms with Crippen LogP contribution in [-0.2, 0) is 0 Å². The minimum atomic E-state index is -1.19. The van der Waals surface area contributed by atoms with Gasteiger partial charge in [-0.1, -0.05) is 0 Å². The second-order valence-electron chi connectivity index (χ2n) is 2.76. The van der Waals surface area contributed by atoms with Crippen molar-refractivity contribution in [3.05, 3.63) is 0 Å². The molecule has 5 heteroatoms. The number of amides is 1. The number of likely N-dealkylation sites (tertiary alicyclic amines) is 1. The Hall–Kier alpha value is -1.28. The zero-order valence-corrected chi connectivity index (χ0v) is 6.47. The summed E-state index contributed by atoms with van der Waals surface area (Å²) in [5, 5.41) is 26.1. The Balaban J connectivity index is 2.65. The highest BCUT2D eigenvalue weighted by Crippen LogP contribution is 2.19. The van der Waals surface area contributed by atoms with E-state index in [1.54, 1.807) is 6.07 Å². The second-order valence-corrected chi connectivity index (χ2v) is 2.76. The van der Waals surface area contributed by atoms with Crippen LogP contribution in [0.25, 0.3) is 0 Å². The number of carboxylic acid groups (broad SMARTS) is 1. The van der Waals surface area contributed by atoms with E-state index in [0.717, 1.165) is 11.3 Å². The number of nitrogens with zero attached hydrogens (tertiary/aromatic N) is 2. The Morgan fingerprint density at radius 3 is 2.92 bits per heavy atom. The van der Waals surface area contributed by atoms with Crippen LogP contribution < -0.4 is 0 Å². The molecule has 1 aliphatic rings. The number of carbonyl (C=O) groups is 1. The summed E-state index contributed by atoms with van der Waals surface area (Å²) >= 11 is 0. The highest BCUT2D eigenvalue weighted by Gasteiger charge is 2.33. The van der Waals surface area contributed by atoms with Gasteiger partial charge in [0.1, 0.15) is 0 Å². The molecule has 1 aliphatic heterocycles. The van der Waals surface area contributed by atoms with Crippen LogP contribution in [0, 0.1) is 11.3 Å². The van der Waals surface area contributed by atoms with Gasteiger partial charge in [-0.15, -0.1) is 0 Å². The van der Waals surface area contributed by atoms with Gasteiger partial charge in [-0.05, 0) is 12.8 Å². The van der Waals surface area contributed by atoms with Gasteiger partial charge in [0.2, 0.25) is 0 Å². The molecule has 5 nitrogen and oxygen atoms in total. The SMILES string of the molecule is N#C[C@@H](O)C1CCCN1C(=O)O. The fraction of sp³-hybridized carbons (Fsp3) is 0.714. The molecular weight excluding hydrogens is 160 g/mol. The lowest BCUT2D eigenvalue weighted by Gasteiger charge is -2.21. The van der Waals surface area contributed by atoms with E-state index in [1.807, 2.05) is 0 Å². The quantitative estimate of drug-likeness (QED) is 0.543. The van der Waals surface area contributed by atoms with Crippen LogP contribution in [0.4, 0.5) is 4.79 Å². The van der Waals surface area contributed by atoms with Gasteiger partial charge in [-0.2, -0.15) is 5.26 Å². The fourth-order valence-electron chi connectivity index (χ4n) is 1.44. The number of rotatable bonds is 1. The highest BCUT2D eigenvalue weighted by atomic mass is 16.4. The predicted octanol–water partition coefficient (Wildman–Crippen LogP) is 0.0133. The van der Waals surface area contributed by atoms with Crippen molar-refractivity contribution >= 4 is 6.09 Å². The van der Waals surface area contributed by atoms with Gasteiger partial charge in [0.05, 0.1) is 12.1 Å². The molecular formula is C7H10N2O3. The zero-order chi connectivity index (χ0) is 9.14. The van der Waals surface area contributed by atoms with Gasteiger partial charge < -0.3 is 15.1 Å². The third kappa shape index (κ3) is 1.48. The summed E-state index contributed by atoms with van der Waals surface area (Å²) in [6.07, 6.45) is -0.966. The Labute approximate surface area is 69.8 Å². The summed E-state index contributed by atoms with van der Waals surface area (Å²) in [4.78, 5) is 11.7. The molecule has 0 aromatic heterocycles. The molecule has 0 aromatic carbocycles. The molecule has 0 bridgehead atoms. The molecule has 2 atom stereocenters. The lowest BCUT2D eigenvalue weighted by Crippen LogP contribution is -2.41. The molecule has 0 saturated carbocycles. The van der Waals surface area contributed by atoms with Crippen LogP contribution in [0.2, 0.25) is 0 Å². The van der Waals surface area contributed by atoms with E-state index in [0.29, 0.717) is 13.0 Å². The maximum atomic E-state index is 10.5. The fourth-order valence-corrected chi connectivity index (χ4v) is 1.44. The van der Waals surface area contributed by atoms with Gasteiger partial charge in [0.15, 0.2) is 6.10 Å². The van der Waals surface area contributed by atoms with E-state index >= 15 is 0 Å². The van der Waals surface area contributed by atoms with Crippen LogP contribution in [-0.4, -0.2) is 39.9 Å². The standard InChI is InChI=1S/C7H10N2O3/c8-4-6(10)5-2-1-3-9(5)7(11)12/h5-6,10H,1-3H2,(H,11,12)/t5?,6-/m1/s1. The van der Waals surface area contributed by atoms with Gasteiger partial charge in [0, 0.05) is 6.54 Å². The Morgan fingerprint density at radius 2 is 2.42 bits per heavy atom. The van der Waals surface area contributed by atoms with Crippen LogP contribution in [0.1, 0.15) is 12.8 Å². The largest absolute Gasteiger partial charge is 0.465 e. The Bertz CT molecular complexity index is 223. The van der Waals surface area contributed by atoms with Crippen LogP contribution in [0.3, 0.4) is 0 Å². The monoisotopic (exact) mass is 170 g/mol. The molecule has 1 amide bonds. The van der Waals surface area contributed by atoms with Crippen molar-refractivity contribution in [3.63, 3.8) is 0 Å². The van der Waals surface area contributed by atoms with Gasteiger partial charge in [0.25, 0.3) is 0 Å². The first kappa shape index (κ1) is 8.81. The van der Waals surface area contributed by atoms with Crippen molar-refractivity contribution in [1.82, 2.24) is 4.90 Å².